The fourth-order valence-electron chi connectivity index (χ4n) is 1.80. The minimum absolute atomic E-state index is 0.398. The first kappa shape index (κ1) is 10.6. The molecule has 3 nitrogen and oxygen atoms in total. The van der Waals surface area contributed by atoms with Crippen molar-refractivity contribution in [2.45, 2.75) is 20.3 Å². The molecule has 0 aliphatic heterocycles. The van der Waals surface area contributed by atoms with Crippen LogP contribution < -0.4 is 0 Å². The largest absolute Gasteiger partial charge is 0.339 e. The van der Waals surface area contributed by atoms with Crippen LogP contribution in [0.25, 0.3) is 11.3 Å². The van der Waals surface area contributed by atoms with Gasteiger partial charge in [-0.05, 0) is 18.9 Å². The van der Waals surface area contributed by atoms with Crippen LogP contribution in [0.2, 0.25) is 0 Å². The number of nitrogens with zero attached hydrogens (tertiary/aromatic N) is 1. The van der Waals surface area contributed by atoms with Gasteiger partial charge < -0.3 is 4.98 Å². The van der Waals surface area contributed by atoms with Crippen LogP contribution in [0.15, 0.2) is 24.3 Å². The molecule has 2 aromatic rings. The highest BCUT2D eigenvalue weighted by Gasteiger charge is 2.11. The quantitative estimate of drug-likeness (QED) is 0.798. The van der Waals surface area contributed by atoms with Crippen molar-refractivity contribution in [2.75, 3.05) is 0 Å². The average Bonchev–Trinajstić information content (AvgIpc) is 2.72. The summed E-state index contributed by atoms with van der Waals surface area (Å²) in [6.45, 7) is 4.09. The van der Waals surface area contributed by atoms with Gasteiger partial charge in [0.2, 0.25) is 0 Å². The predicted octanol–water partition coefficient (Wildman–Crippen LogP) is 2.76. The summed E-state index contributed by atoms with van der Waals surface area (Å²) in [5, 5.41) is 0. The highest BCUT2D eigenvalue weighted by Crippen LogP contribution is 2.24. The molecule has 1 heterocycles. The summed E-state index contributed by atoms with van der Waals surface area (Å²) >= 11 is 0. The Balaban J connectivity index is 2.59. The summed E-state index contributed by atoms with van der Waals surface area (Å²) in [4.78, 5) is 18.0. The number of benzene rings is 1. The maximum absolute atomic E-state index is 10.7. The lowest BCUT2D eigenvalue weighted by Crippen LogP contribution is -1.88. The van der Waals surface area contributed by atoms with Crippen molar-refractivity contribution in [3.05, 3.63) is 41.3 Å². The normalized spacial score (nSPS) is 10.4. The van der Waals surface area contributed by atoms with E-state index in [2.05, 4.69) is 9.97 Å². The molecule has 0 fully saturated rings. The Morgan fingerprint density at radius 3 is 2.75 bits per heavy atom. The van der Waals surface area contributed by atoms with Gasteiger partial charge >= 0.3 is 0 Å². The van der Waals surface area contributed by atoms with E-state index < -0.39 is 0 Å². The van der Waals surface area contributed by atoms with Gasteiger partial charge in [0.15, 0.2) is 12.1 Å². The molecular weight excluding hydrogens is 200 g/mol. The number of aromatic nitrogens is 2. The lowest BCUT2D eigenvalue weighted by atomic mass is 10.0. The predicted molar refractivity (Wildman–Crippen MR) is 63.5 cm³/mol. The van der Waals surface area contributed by atoms with Gasteiger partial charge in [-0.2, -0.15) is 0 Å². The highest BCUT2D eigenvalue weighted by atomic mass is 16.1. The third-order valence-electron chi connectivity index (χ3n) is 2.66. The number of nitrogens with one attached hydrogen (secondary N) is 1. The minimum Gasteiger partial charge on any atom is -0.339 e. The van der Waals surface area contributed by atoms with Crippen molar-refractivity contribution in [1.82, 2.24) is 9.97 Å². The molecule has 1 aromatic heterocycles. The van der Waals surface area contributed by atoms with Gasteiger partial charge in [0.25, 0.3) is 0 Å². The number of hydrogen-bond donors (Lipinski definition) is 1. The molecular formula is C13H14N2O. The van der Waals surface area contributed by atoms with Crippen molar-refractivity contribution in [2.24, 2.45) is 0 Å². The molecule has 2 rings (SSSR count). The number of H-pyrrole nitrogens is 1. The van der Waals surface area contributed by atoms with E-state index in [-0.39, 0.29) is 0 Å². The zero-order chi connectivity index (χ0) is 11.5. The van der Waals surface area contributed by atoms with E-state index in [9.17, 15) is 4.79 Å². The van der Waals surface area contributed by atoms with Gasteiger partial charge in [0.05, 0.1) is 5.69 Å². The molecule has 0 bridgehead atoms. The molecule has 3 heteroatoms. The molecule has 1 aromatic carbocycles. The smallest absolute Gasteiger partial charge is 0.185 e. The monoisotopic (exact) mass is 214 g/mol. The molecule has 0 amide bonds. The Hall–Kier alpha value is -1.90. The van der Waals surface area contributed by atoms with Gasteiger partial charge in [-0.3, -0.25) is 4.79 Å². The van der Waals surface area contributed by atoms with Crippen LogP contribution in [0.5, 0.6) is 0 Å². The summed E-state index contributed by atoms with van der Waals surface area (Å²) in [5.41, 5.74) is 4.16. The second kappa shape index (κ2) is 4.31. The third-order valence-corrected chi connectivity index (χ3v) is 2.66. The topological polar surface area (TPSA) is 45.8 Å². The summed E-state index contributed by atoms with van der Waals surface area (Å²) in [5.74, 6) is 0.398. The molecule has 16 heavy (non-hydrogen) atoms. The highest BCUT2D eigenvalue weighted by molar-refractivity contribution is 5.74. The van der Waals surface area contributed by atoms with Crippen LogP contribution >= 0.6 is 0 Å². The molecule has 82 valence electrons. The van der Waals surface area contributed by atoms with Crippen LogP contribution in [0.3, 0.4) is 0 Å². The molecule has 0 atom stereocenters. The van der Waals surface area contributed by atoms with Crippen molar-refractivity contribution in [1.29, 1.82) is 0 Å². The number of aromatic amines is 1. The second-order valence-electron chi connectivity index (χ2n) is 3.74. The van der Waals surface area contributed by atoms with Gasteiger partial charge in [-0.1, -0.05) is 31.2 Å². The fraction of sp³-hybridized carbons (Fsp3) is 0.231. The molecule has 0 aliphatic rings. The van der Waals surface area contributed by atoms with Gasteiger partial charge in [0, 0.05) is 11.3 Å². The summed E-state index contributed by atoms with van der Waals surface area (Å²) in [7, 11) is 0. The Kier molecular flexibility index (Phi) is 2.86. The molecule has 0 unspecified atom stereocenters. The number of imidazole rings is 1. The lowest BCUT2D eigenvalue weighted by Gasteiger charge is -2.03. The molecule has 1 N–H and O–H groups in total. The van der Waals surface area contributed by atoms with Crippen LogP contribution in [0.1, 0.15) is 28.8 Å². The lowest BCUT2D eigenvalue weighted by molar-refractivity contribution is 0.111. The molecule has 0 radical (unpaired) electrons. The van der Waals surface area contributed by atoms with E-state index in [1.165, 1.54) is 5.56 Å². The number of carbonyl (C=O) groups is 1. The Morgan fingerprint density at radius 1 is 1.38 bits per heavy atom. The maximum atomic E-state index is 10.7. The van der Waals surface area contributed by atoms with Crippen LogP contribution in [-0.2, 0) is 6.42 Å². The number of rotatable bonds is 3. The number of aryl methyl sites for hydroxylation is 2. The maximum Gasteiger partial charge on any atom is 0.185 e. The van der Waals surface area contributed by atoms with Gasteiger partial charge in [0.1, 0.15) is 0 Å². The van der Waals surface area contributed by atoms with E-state index in [0.29, 0.717) is 5.82 Å². The van der Waals surface area contributed by atoms with Crippen LogP contribution in [0.4, 0.5) is 0 Å². The Bertz CT molecular complexity index is 514. The van der Waals surface area contributed by atoms with Gasteiger partial charge in [-0.25, -0.2) is 4.98 Å². The molecule has 0 aliphatic carbocycles. The fourth-order valence-corrected chi connectivity index (χ4v) is 1.80. The van der Waals surface area contributed by atoms with Crippen LogP contribution in [-0.4, -0.2) is 16.3 Å². The van der Waals surface area contributed by atoms with Crippen molar-refractivity contribution in [3.8, 4) is 11.3 Å². The first-order valence-electron chi connectivity index (χ1n) is 5.36. The Morgan fingerprint density at radius 2 is 2.12 bits per heavy atom. The van der Waals surface area contributed by atoms with E-state index in [1.54, 1.807) is 0 Å². The zero-order valence-corrected chi connectivity index (χ0v) is 9.45. The van der Waals surface area contributed by atoms with E-state index >= 15 is 0 Å². The molecule has 0 saturated heterocycles. The van der Waals surface area contributed by atoms with E-state index in [4.69, 9.17) is 0 Å². The average molecular weight is 214 g/mol. The Labute approximate surface area is 94.5 Å². The first-order valence-corrected chi connectivity index (χ1v) is 5.36. The third kappa shape index (κ3) is 1.76. The standard InChI is InChI=1S/C13H14N2O/c1-3-11-13(15-12(8-16)14-11)10-7-5-4-6-9(10)2/h4-8H,3H2,1-2H3,(H,14,15). The van der Waals surface area contributed by atoms with Crippen molar-refractivity contribution >= 4 is 6.29 Å². The van der Waals surface area contributed by atoms with E-state index in [1.807, 2.05) is 38.1 Å². The summed E-state index contributed by atoms with van der Waals surface area (Å²) < 4.78 is 0. The zero-order valence-electron chi connectivity index (χ0n) is 9.45. The number of aldehydes is 1. The SMILES string of the molecule is CCc1[nH]c(C=O)nc1-c1ccccc1C. The van der Waals surface area contributed by atoms with Crippen molar-refractivity contribution in [3.63, 3.8) is 0 Å². The number of carbonyl (C=O) groups excluding carboxylic acids is 1. The number of hydrogen-bond acceptors (Lipinski definition) is 2. The molecule has 0 spiro atoms. The van der Waals surface area contributed by atoms with Crippen LogP contribution in [0, 0.1) is 6.92 Å². The minimum atomic E-state index is 0.398. The van der Waals surface area contributed by atoms with Gasteiger partial charge in [-0.15, -0.1) is 0 Å². The summed E-state index contributed by atoms with van der Waals surface area (Å²) in [6.07, 6.45) is 1.59. The second-order valence-corrected chi connectivity index (χ2v) is 3.74. The molecule has 0 saturated carbocycles. The van der Waals surface area contributed by atoms with Crippen molar-refractivity contribution < 1.29 is 4.79 Å². The first-order chi connectivity index (χ1) is 7.76. The summed E-state index contributed by atoms with van der Waals surface area (Å²) in [6, 6.07) is 8.05. The van der Waals surface area contributed by atoms with E-state index in [0.717, 1.165) is 29.7 Å².